The first-order valence-electron chi connectivity index (χ1n) is 6.79. The van der Waals surface area contributed by atoms with Gasteiger partial charge in [-0.15, -0.1) is 0 Å². The highest BCUT2D eigenvalue weighted by atomic mass is 16.2. The highest BCUT2D eigenvalue weighted by Gasteiger charge is 2.47. The van der Waals surface area contributed by atoms with Crippen LogP contribution in [0.15, 0.2) is 11.6 Å². The van der Waals surface area contributed by atoms with Gasteiger partial charge in [-0.3, -0.25) is 4.79 Å². The minimum absolute atomic E-state index is 0.0560. The van der Waals surface area contributed by atoms with Crippen molar-refractivity contribution in [2.24, 2.45) is 10.8 Å². The summed E-state index contributed by atoms with van der Waals surface area (Å²) in [6.45, 7) is 8.07. The van der Waals surface area contributed by atoms with Gasteiger partial charge in [-0.2, -0.15) is 5.26 Å². The van der Waals surface area contributed by atoms with Crippen molar-refractivity contribution in [1.29, 1.82) is 5.26 Å². The van der Waals surface area contributed by atoms with E-state index in [0.717, 1.165) is 32.2 Å². The molecule has 0 saturated heterocycles. The van der Waals surface area contributed by atoms with E-state index in [4.69, 9.17) is 0 Å². The molecule has 2 aliphatic rings. The predicted molar refractivity (Wildman–Crippen MR) is 70.6 cm³/mol. The summed E-state index contributed by atoms with van der Waals surface area (Å²) in [6.07, 6.45) is 5.61. The van der Waals surface area contributed by atoms with Crippen LogP contribution in [0.4, 0.5) is 0 Å². The third kappa shape index (κ3) is 2.16. The minimum atomic E-state index is -0.687. The Hall–Kier alpha value is -1.30. The number of hydrogen-bond acceptors (Lipinski definition) is 2. The molecule has 1 amide bonds. The van der Waals surface area contributed by atoms with Crippen molar-refractivity contribution >= 4 is 5.91 Å². The zero-order valence-corrected chi connectivity index (χ0v) is 11.6. The van der Waals surface area contributed by atoms with Gasteiger partial charge in [-0.1, -0.05) is 32.4 Å². The Morgan fingerprint density at radius 2 is 2.11 bits per heavy atom. The van der Waals surface area contributed by atoms with E-state index in [1.54, 1.807) is 0 Å². The highest BCUT2D eigenvalue weighted by Crippen LogP contribution is 2.42. The lowest BCUT2D eigenvalue weighted by molar-refractivity contribution is -0.142. The molecule has 3 nitrogen and oxygen atoms in total. The fraction of sp³-hybridized carbons (Fsp3) is 0.733. The summed E-state index contributed by atoms with van der Waals surface area (Å²) >= 11 is 0. The molecular formula is C15H22N2O. The smallest absolute Gasteiger partial charge is 0.243 e. The summed E-state index contributed by atoms with van der Waals surface area (Å²) < 4.78 is 0. The van der Waals surface area contributed by atoms with Gasteiger partial charge in [0.25, 0.3) is 0 Å². The third-order valence-corrected chi connectivity index (χ3v) is 4.29. The molecule has 2 rings (SSSR count). The molecule has 3 heteroatoms. The maximum atomic E-state index is 12.4. The first-order valence-corrected chi connectivity index (χ1v) is 6.79. The van der Waals surface area contributed by atoms with Crippen molar-refractivity contribution in [1.82, 2.24) is 4.90 Å². The van der Waals surface area contributed by atoms with Crippen LogP contribution in [0.1, 0.15) is 46.5 Å². The molecule has 0 spiro atoms. The number of amides is 1. The second-order valence-electron chi connectivity index (χ2n) is 6.53. The lowest BCUT2D eigenvalue weighted by atomic mass is 9.68. The monoisotopic (exact) mass is 246 g/mol. The molecule has 1 aliphatic carbocycles. The highest BCUT2D eigenvalue weighted by molar-refractivity contribution is 5.86. The second-order valence-corrected chi connectivity index (χ2v) is 6.53. The molecule has 0 aromatic heterocycles. The van der Waals surface area contributed by atoms with Gasteiger partial charge in [-0.05, 0) is 31.1 Å². The largest absolute Gasteiger partial charge is 0.337 e. The Balaban J connectivity index is 2.05. The first-order chi connectivity index (χ1) is 8.39. The van der Waals surface area contributed by atoms with Crippen LogP contribution in [0.2, 0.25) is 0 Å². The molecule has 0 unspecified atom stereocenters. The number of nitrogens with zero attached hydrogens (tertiary/aromatic N) is 2. The van der Waals surface area contributed by atoms with E-state index in [2.05, 4.69) is 32.9 Å². The quantitative estimate of drug-likeness (QED) is 0.668. The molecule has 1 heterocycles. The van der Waals surface area contributed by atoms with Crippen molar-refractivity contribution in [2.45, 2.75) is 46.5 Å². The van der Waals surface area contributed by atoms with Crippen LogP contribution >= 0.6 is 0 Å². The minimum Gasteiger partial charge on any atom is -0.337 e. The third-order valence-electron chi connectivity index (χ3n) is 4.29. The van der Waals surface area contributed by atoms with Crippen LogP contribution in [0.3, 0.4) is 0 Å². The van der Waals surface area contributed by atoms with Gasteiger partial charge in [0.05, 0.1) is 6.07 Å². The van der Waals surface area contributed by atoms with E-state index in [9.17, 15) is 10.1 Å². The van der Waals surface area contributed by atoms with Gasteiger partial charge in [0, 0.05) is 13.1 Å². The van der Waals surface area contributed by atoms with Gasteiger partial charge >= 0.3 is 0 Å². The molecule has 1 aliphatic heterocycles. The van der Waals surface area contributed by atoms with Crippen molar-refractivity contribution in [3.63, 3.8) is 0 Å². The molecular weight excluding hydrogens is 224 g/mol. The SMILES string of the molecule is CC(C)(C)C1=CCN(C(=O)C2(C#N)CCC2)CC1. The fourth-order valence-electron chi connectivity index (χ4n) is 2.74. The number of carbonyl (C=O) groups excluding carboxylic acids is 1. The lowest BCUT2D eigenvalue weighted by Crippen LogP contribution is -2.48. The van der Waals surface area contributed by atoms with Gasteiger partial charge in [0.15, 0.2) is 0 Å². The standard InChI is InChI=1S/C15H22N2O/c1-14(2,3)12-5-9-17(10-6-12)13(18)15(11-16)7-4-8-15/h5H,4,6-10H2,1-3H3. The van der Waals surface area contributed by atoms with E-state index in [0.29, 0.717) is 6.54 Å². The molecule has 0 radical (unpaired) electrons. The van der Waals surface area contributed by atoms with Crippen LogP contribution in [-0.4, -0.2) is 23.9 Å². The topological polar surface area (TPSA) is 44.1 Å². The summed E-state index contributed by atoms with van der Waals surface area (Å²) in [5.74, 6) is 0.0560. The maximum absolute atomic E-state index is 12.4. The molecule has 0 atom stereocenters. The Labute approximate surface area is 109 Å². The molecule has 1 saturated carbocycles. The van der Waals surface area contributed by atoms with Crippen LogP contribution in [0.25, 0.3) is 0 Å². The summed E-state index contributed by atoms with van der Waals surface area (Å²) in [6, 6.07) is 2.24. The maximum Gasteiger partial charge on any atom is 0.243 e. The molecule has 98 valence electrons. The van der Waals surface area contributed by atoms with E-state index in [1.807, 2.05) is 4.90 Å². The number of nitriles is 1. The molecule has 1 fully saturated rings. The zero-order valence-electron chi connectivity index (χ0n) is 11.6. The number of hydrogen-bond donors (Lipinski definition) is 0. The summed E-state index contributed by atoms with van der Waals surface area (Å²) in [5, 5.41) is 9.21. The van der Waals surface area contributed by atoms with Gasteiger partial charge < -0.3 is 4.90 Å². The van der Waals surface area contributed by atoms with Gasteiger partial charge in [0.1, 0.15) is 5.41 Å². The van der Waals surface area contributed by atoms with Gasteiger partial charge in [-0.25, -0.2) is 0 Å². The molecule has 18 heavy (non-hydrogen) atoms. The van der Waals surface area contributed by atoms with Crippen LogP contribution in [0, 0.1) is 22.2 Å². The van der Waals surface area contributed by atoms with Crippen LogP contribution < -0.4 is 0 Å². The lowest BCUT2D eigenvalue weighted by Gasteiger charge is -2.40. The van der Waals surface area contributed by atoms with E-state index in [-0.39, 0.29) is 11.3 Å². The number of carbonyl (C=O) groups is 1. The Bertz CT molecular complexity index is 419. The van der Waals surface area contributed by atoms with Gasteiger partial charge in [0.2, 0.25) is 5.91 Å². The van der Waals surface area contributed by atoms with Crippen LogP contribution in [0.5, 0.6) is 0 Å². The van der Waals surface area contributed by atoms with Crippen LogP contribution in [-0.2, 0) is 4.79 Å². The first kappa shape index (κ1) is 13.1. The Morgan fingerprint density at radius 1 is 1.44 bits per heavy atom. The normalized spacial score (nSPS) is 22.8. The van der Waals surface area contributed by atoms with E-state index >= 15 is 0 Å². The molecule has 0 bridgehead atoms. The second kappa shape index (κ2) is 4.42. The number of rotatable bonds is 1. The van der Waals surface area contributed by atoms with Crippen molar-refractivity contribution in [3.05, 3.63) is 11.6 Å². The molecule has 0 N–H and O–H groups in total. The van der Waals surface area contributed by atoms with Crippen molar-refractivity contribution < 1.29 is 4.79 Å². The summed E-state index contributed by atoms with van der Waals surface area (Å²) in [4.78, 5) is 14.2. The average Bonchev–Trinajstić information content (AvgIpc) is 2.27. The van der Waals surface area contributed by atoms with E-state index < -0.39 is 5.41 Å². The predicted octanol–water partition coefficient (Wildman–Crippen LogP) is 2.89. The fourth-order valence-corrected chi connectivity index (χ4v) is 2.74. The van der Waals surface area contributed by atoms with Crippen molar-refractivity contribution in [2.75, 3.05) is 13.1 Å². The zero-order chi connectivity index (χ0) is 13.4. The molecule has 0 aromatic carbocycles. The molecule has 0 aromatic rings. The average molecular weight is 246 g/mol. The van der Waals surface area contributed by atoms with E-state index in [1.165, 1.54) is 5.57 Å². The Kier molecular flexibility index (Phi) is 3.23. The summed E-state index contributed by atoms with van der Waals surface area (Å²) in [7, 11) is 0. The Morgan fingerprint density at radius 3 is 2.44 bits per heavy atom. The van der Waals surface area contributed by atoms with Crippen molar-refractivity contribution in [3.8, 4) is 6.07 Å². The summed E-state index contributed by atoms with van der Waals surface area (Å²) in [5.41, 5.74) is 0.928.